The van der Waals surface area contributed by atoms with Gasteiger partial charge in [-0.05, 0) is 105 Å². The van der Waals surface area contributed by atoms with Gasteiger partial charge >= 0.3 is 11.9 Å². The second-order valence-electron chi connectivity index (χ2n) is 17.6. The summed E-state index contributed by atoms with van der Waals surface area (Å²) in [6.45, 7) is 24.4. The number of nitrogens with zero attached hydrogens (tertiary/aromatic N) is 5. The van der Waals surface area contributed by atoms with Gasteiger partial charge in [0, 0.05) is 40.2 Å². The SMILES string of the molecule is CC[Si](CC)(CC)O[C@H]1[C@@H](C)CCC[C@H](OC(=O)c2ccc([N+](=O)[O-])cc2)[C@@H](N=[N+]=[N-])CC(C(C)=Cc2csc(C)n2)OC(=O)C[C@H](O[Si](CC)(CC)CC)C(C)(C)C(=O)[C@@H]1C. The Labute approximate surface area is 375 Å². The topological polar surface area (TPSA) is 193 Å². The molecule has 344 valence electrons. The Morgan fingerprint density at radius 3 is 2.11 bits per heavy atom. The minimum atomic E-state index is -2.39. The van der Waals surface area contributed by atoms with Gasteiger partial charge in [0.05, 0.1) is 45.9 Å². The first kappa shape index (κ1) is 52.6. The second-order valence-corrected chi connectivity index (χ2v) is 28.1. The van der Waals surface area contributed by atoms with Crippen molar-refractivity contribution in [2.75, 3.05) is 0 Å². The molecule has 0 amide bonds. The number of hydrogen-bond acceptors (Lipinski definition) is 12. The zero-order chi connectivity index (χ0) is 46.4. The van der Waals surface area contributed by atoms with Gasteiger partial charge in [0.15, 0.2) is 16.6 Å². The Morgan fingerprint density at radius 2 is 1.60 bits per heavy atom. The third-order valence-electron chi connectivity index (χ3n) is 13.5. The number of carbonyl (C=O) groups is 3. The summed E-state index contributed by atoms with van der Waals surface area (Å²) in [6, 6.07) is 9.27. The number of nitro groups is 1. The lowest BCUT2D eigenvalue weighted by Gasteiger charge is -2.44. The number of rotatable bonds is 16. The Hall–Kier alpha value is -3.74. The van der Waals surface area contributed by atoms with Crippen LogP contribution in [0.2, 0.25) is 36.3 Å². The minimum Gasteiger partial charge on any atom is -0.458 e. The number of aryl methyl sites for hydroxylation is 1. The van der Waals surface area contributed by atoms with Gasteiger partial charge in [-0.15, -0.1) is 11.3 Å². The summed E-state index contributed by atoms with van der Waals surface area (Å²) in [5.74, 6) is -1.99. The minimum absolute atomic E-state index is 0.0264. The summed E-state index contributed by atoms with van der Waals surface area (Å²) in [6.07, 6.45) is -0.136. The zero-order valence-electron chi connectivity index (χ0n) is 39.1. The molecule has 0 spiro atoms. The van der Waals surface area contributed by atoms with Crippen molar-refractivity contribution >= 4 is 57.5 Å². The fourth-order valence-electron chi connectivity index (χ4n) is 8.72. The molecule has 1 aliphatic rings. The van der Waals surface area contributed by atoms with Gasteiger partial charge in [-0.2, -0.15) is 0 Å². The van der Waals surface area contributed by atoms with Crippen molar-refractivity contribution in [2.45, 2.75) is 182 Å². The molecule has 1 unspecified atom stereocenters. The lowest BCUT2D eigenvalue weighted by Crippen LogP contribution is -2.53. The molecule has 0 bridgehead atoms. The molecule has 17 heteroatoms. The molecule has 1 aliphatic heterocycles. The predicted octanol–water partition coefficient (Wildman–Crippen LogP) is 12.2. The van der Waals surface area contributed by atoms with Crippen LogP contribution in [0.5, 0.6) is 0 Å². The van der Waals surface area contributed by atoms with Crippen LogP contribution in [-0.4, -0.2) is 74.7 Å². The number of cyclic esters (lactones) is 1. The molecule has 1 aromatic carbocycles. The predicted molar refractivity (Wildman–Crippen MR) is 250 cm³/mol. The summed E-state index contributed by atoms with van der Waals surface area (Å²) < 4.78 is 26.9. The Bertz CT molecular complexity index is 1880. The first-order valence-corrected chi connectivity index (χ1v) is 28.4. The van der Waals surface area contributed by atoms with Crippen molar-refractivity contribution in [1.82, 2.24) is 4.98 Å². The van der Waals surface area contributed by atoms with Gasteiger partial charge < -0.3 is 18.3 Å². The number of ether oxygens (including phenoxy) is 2. The van der Waals surface area contributed by atoms with Gasteiger partial charge in [-0.1, -0.05) is 74.4 Å². The zero-order valence-corrected chi connectivity index (χ0v) is 41.9. The van der Waals surface area contributed by atoms with E-state index < -0.39 is 75.3 Å². The molecule has 14 nitrogen and oxygen atoms in total. The van der Waals surface area contributed by atoms with Crippen molar-refractivity contribution < 1.29 is 37.6 Å². The summed E-state index contributed by atoms with van der Waals surface area (Å²) in [4.78, 5) is 62.0. The maximum Gasteiger partial charge on any atom is 0.338 e. The molecular weight excluding hydrogens is 843 g/mol. The van der Waals surface area contributed by atoms with Crippen molar-refractivity contribution in [3.05, 3.63) is 72.0 Å². The molecule has 1 saturated heterocycles. The number of non-ortho nitro benzene ring substituents is 1. The van der Waals surface area contributed by atoms with E-state index in [4.69, 9.17) is 18.3 Å². The highest BCUT2D eigenvalue weighted by atomic mass is 32.1. The molecule has 2 heterocycles. The van der Waals surface area contributed by atoms with Gasteiger partial charge in [0.25, 0.3) is 5.69 Å². The van der Waals surface area contributed by atoms with Crippen molar-refractivity contribution in [2.24, 2.45) is 22.4 Å². The molecule has 62 heavy (non-hydrogen) atoms. The lowest BCUT2D eigenvalue weighted by molar-refractivity contribution is -0.384. The Morgan fingerprint density at radius 1 is 1.02 bits per heavy atom. The smallest absolute Gasteiger partial charge is 0.338 e. The van der Waals surface area contributed by atoms with Gasteiger partial charge in [-0.25, -0.2) is 9.78 Å². The van der Waals surface area contributed by atoms with Crippen LogP contribution in [0, 0.1) is 34.3 Å². The van der Waals surface area contributed by atoms with Crippen LogP contribution in [0.1, 0.15) is 129 Å². The molecule has 1 fully saturated rings. The molecule has 1 aromatic heterocycles. The number of carbonyl (C=O) groups excluding carboxylic acids is 3. The van der Waals surface area contributed by atoms with Crippen LogP contribution >= 0.6 is 11.3 Å². The van der Waals surface area contributed by atoms with E-state index in [1.165, 1.54) is 35.6 Å². The molecule has 3 rings (SSSR count). The van der Waals surface area contributed by atoms with E-state index in [2.05, 4.69) is 63.5 Å². The van der Waals surface area contributed by atoms with Crippen molar-refractivity contribution in [3.8, 4) is 0 Å². The third-order valence-corrected chi connectivity index (χ3v) is 23.6. The van der Waals surface area contributed by atoms with E-state index in [0.717, 1.165) is 41.3 Å². The highest BCUT2D eigenvalue weighted by Gasteiger charge is 2.48. The number of ketones is 1. The first-order chi connectivity index (χ1) is 29.3. The first-order valence-electron chi connectivity index (χ1n) is 22.5. The molecule has 0 aliphatic carbocycles. The van der Waals surface area contributed by atoms with Crippen LogP contribution in [-0.2, 0) is 27.9 Å². The van der Waals surface area contributed by atoms with E-state index in [9.17, 15) is 25.2 Å². The van der Waals surface area contributed by atoms with Gasteiger partial charge in [-0.3, -0.25) is 19.7 Å². The van der Waals surface area contributed by atoms with E-state index >= 15 is 4.79 Å². The average molecular weight is 914 g/mol. The molecular formula is C45H71N5O9SSi2. The summed E-state index contributed by atoms with van der Waals surface area (Å²) in [5.41, 5.74) is 10.1. The number of benzene rings is 1. The standard InChI is InChI=1S/C45H71N5O9SSi2/c1-13-61(14-2,15-3)58-40-28-41(51)56-39(31(8)26-35-29-60-33(10)47-35)27-37(48-49-46)38(57-44(53)34-22-24-36(25-23-34)50(54)55)21-19-20-30(7)42(32(9)43(52)45(40,11)12)59-62(16-4,17-5)18-6/h22-26,29-30,32,37-40,42H,13-21,27-28H2,1-12H3/t30-,32+,37-,38-,39?,40-,42-/m0/s1. The molecule has 2 aromatic rings. The number of hydrogen-bond donors (Lipinski definition) is 0. The summed E-state index contributed by atoms with van der Waals surface area (Å²) in [5, 5.41) is 18.3. The van der Waals surface area contributed by atoms with E-state index in [-0.39, 0.29) is 42.2 Å². The number of Topliss-reactive ketones (excluding diaryl/α,β-unsaturated/α-hetero) is 1. The number of thiazole rings is 1. The van der Waals surface area contributed by atoms with Crippen LogP contribution in [0.15, 0.2) is 40.3 Å². The normalized spacial score (nSPS) is 24.8. The maximum absolute atomic E-state index is 15.2. The highest BCUT2D eigenvalue weighted by molar-refractivity contribution is 7.09. The number of esters is 2. The lowest BCUT2D eigenvalue weighted by atomic mass is 9.73. The fraction of sp³-hybridized carbons (Fsp3) is 0.689. The van der Waals surface area contributed by atoms with Crippen LogP contribution in [0.25, 0.3) is 16.5 Å². The van der Waals surface area contributed by atoms with Gasteiger partial charge in [0.2, 0.25) is 0 Å². The molecule has 0 saturated carbocycles. The number of nitro benzene ring substituents is 1. The van der Waals surface area contributed by atoms with Crippen molar-refractivity contribution in [1.29, 1.82) is 0 Å². The number of aromatic nitrogens is 1. The van der Waals surface area contributed by atoms with E-state index in [0.29, 0.717) is 24.1 Å². The average Bonchev–Trinajstić information content (AvgIpc) is 3.67. The third kappa shape index (κ3) is 13.6. The monoisotopic (exact) mass is 913 g/mol. The largest absolute Gasteiger partial charge is 0.458 e. The van der Waals surface area contributed by atoms with Gasteiger partial charge in [0.1, 0.15) is 18.0 Å². The molecule has 0 N–H and O–H groups in total. The fourth-order valence-corrected chi connectivity index (χ4v) is 15.3. The van der Waals surface area contributed by atoms with Crippen molar-refractivity contribution in [3.63, 3.8) is 0 Å². The summed E-state index contributed by atoms with van der Waals surface area (Å²) in [7, 11) is -4.64. The quantitative estimate of drug-likeness (QED) is 0.0297. The van der Waals surface area contributed by atoms with Crippen LogP contribution < -0.4 is 0 Å². The maximum atomic E-state index is 15.2. The molecule has 0 radical (unpaired) electrons. The number of azide groups is 1. The second kappa shape index (κ2) is 23.8. The highest BCUT2D eigenvalue weighted by Crippen LogP contribution is 2.40. The van der Waals surface area contributed by atoms with Crippen LogP contribution in [0.3, 0.4) is 0 Å². The van der Waals surface area contributed by atoms with Crippen LogP contribution in [0.4, 0.5) is 5.69 Å². The Balaban J connectivity index is 2.26. The molecule has 7 atom stereocenters. The van der Waals surface area contributed by atoms with E-state index in [1.54, 1.807) is 0 Å². The summed E-state index contributed by atoms with van der Waals surface area (Å²) >= 11 is 1.48. The Kier molecular flexibility index (Phi) is 20.2. The van der Waals surface area contributed by atoms with E-state index in [1.807, 2.05) is 46.1 Å².